The number of nitrogens with zero attached hydrogens (tertiary/aromatic N) is 4. The summed E-state index contributed by atoms with van der Waals surface area (Å²) >= 11 is 0. The molecule has 0 saturated heterocycles. The average Bonchev–Trinajstić information content (AvgIpc) is 2.94. The molecule has 0 aliphatic rings. The quantitative estimate of drug-likeness (QED) is 0.893. The first-order valence-electron chi connectivity index (χ1n) is 5.67. The predicted octanol–water partition coefficient (Wildman–Crippen LogP) is 2.67. The van der Waals surface area contributed by atoms with Crippen LogP contribution < -0.4 is 5.32 Å². The highest BCUT2D eigenvalue weighted by Gasteiger charge is 2.12. The van der Waals surface area contributed by atoms with Gasteiger partial charge in [0.2, 0.25) is 0 Å². The third kappa shape index (κ3) is 2.49. The minimum Gasteiger partial charge on any atom is -0.365 e. The smallest absolute Gasteiger partial charge is 0.333 e. The van der Waals surface area contributed by atoms with Gasteiger partial charge in [-0.3, -0.25) is 0 Å². The molecule has 1 N–H and O–H groups in total. The van der Waals surface area contributed by atoms with E-state index in [1.807, 2.05) is 19.9 Å². The van der Waals surface area contributed by atoms with Gasteiger partial charge in [0, 0.05) is 18.3 Å². The summed E-state index contributed by atoms with van der Waals surface area (Å²) in [5, 5.41) is 10.8. The SMILES string of the molecule is CC(C)n1nccc1NCc1ccnn1C(F)F. The zero-order valence-corrected chi connectivity index (χ0v) is 10.2. The number of nitrogens with one attached hydrogen (secondary N) is 1. The molecule has 18 heavy (non-hydrogen) atoms. The normalized spacial score (nSPS) is 11.4. The second-order valence-corrected chi connectivity index (χ2v) is 4.15. The van der Waals surface area contributed by atoms with E-state index in [0.29, 0.717) is 10.4 Å². The van der Waals surface area contributed by atoms with Crippen molar-refractivity contribution >= 4 is 5.82 Å². The lowest BCUT2D eigenvalue weighted by Gasteiger charge is -2.13. The Hall–Kier alpha value is -1.92. The van der Waals surface area contributed by atoms with Gasteiger partial charge in [-0.25, -0.2) is 9.36 Å². The minimum atomic E-state index is -2.62. The number of aromatic nitrogens is 4. The van der Waals surface area contributed by atoms with Gasteiger partial charge in [-0.1, -0.05) is 0 Å². The van der Waals surface area contributed by atoms with E-state index in [1.165, 1.54) is 6.20 Å². The van der Waals surface area contributed by atoms with Crippen LogP contribution in [0.1, 0.15) is 32.1 Å². The van der Waals surface area contributed by atoms with Gasteiger partial charge >= 0.3 is 6.55 Å². The number of hydrogen-bond donors (Lipinski definition) is 1. The maximum absolute atomic E-state index is 12.6. The van der Waals surface area contributed by atoms with Crippen LogP contribution in [0.15, 0.2) is 24.5 Å². The molecule has 0 fully saturated rings. The van der Waals surface area contributed by atoms with E-state index in [0.717, 1.165) is 5.82 Å². The Bertz CT molecular complexity index is 457. The molecule has 5 nitrogen and oxygen atoms in total. The van der Waals surface area contributed by atoms with Crippen LogP contribution in [0, 0.1) is 0 Å². The Morgan fingerprint density at radius 3 is 2.50 bits per heavy atom. The number of rotatable bonds is 5. The molecule has 0 bridgehead atoms. The summed E-state index contributed by atoms with van der Waals surface area (Å²) in [7, 11) is 0. The summed E-state index contributed by atoms with van der Waals surface area (Å²) in [6.45, 7) is 1.66. The van der Waals surface area contributed by atoms with Crippen LogP contribution in [-0.2, 0) is 6.54 Å². The molecule has 0 aliphatic carbocycles. The van der Waals surface area contributed by atoms with Crippen LogP contribution in [0.2, 0.25) is 0 Å². The predicted molar refractivity (Wildman–Crippen MR) is 63.4 cm³/mol. The van der Waals surface area contributed by atoms with Crippen molar-refractivity contribution < 1.29 is 8.78 Å². The summed E-state index contributed by atoms with van der Waals surface area (Å²) in [6.07, 6.45) is 3.04. The van der Waals surface area contributed by atoms with Gasteiger partial charge in [-0.05, 0) is 19.9 Å². The van der Waals surface area contributed by atoms with Crippen LogP contribution in [-0.4, -0.2) is 19.6 Å². The van der Waals surface area contributed by atoms with Crippen molar-refractivity contribution in [2.45, 2.75) is 33.0 Å². The van der Waals surface area contributed by atoms with Gasteiger partial charge in [0.25, 0.3) is 0 Å². The molecular weight excluding hydrogens is 240 g/mol. The Balaban J connectivity index is 2.07. The lowest BCUT2D eigenvalue weighted by atomic mass is 10.4. The largest absolute Gasteiger partial charge is 0.365 e. The molecule has 2 rings (SSSR count). The Morgan fingerprint density at radius 2 is 1.83 bits per heavy atom. The summed E-state index contributed by atoms with van der Waals surface area (Å²) < 4.78 is 27.7. The molecule has 7 heteroatoms. The van der Waals surface area contributed by atoms with Crippen molar-refractivity contribution in [1.29, 1.82) is 0 Å². The van der Waals surface area contributed by atoms with Gasteiger partial charge in [-0.2, -0.15) is 19.0 Å². The first kappa shape index (κ1) is 12.5. The fourth-order valence-corrected chi connectivity index (χ4v) is 1.70. The van der Waals surface area contributed by atoms with E-state index in [9.17, 15) is 8.78 Å². The minimum absolute atomic E-state index is 0.211. The zero-order chi connectivity index (χ0) is 13.1. The van der Waals surface area contributed by atoms with Crippen molar-refractivity contribution in [2.75, 3.05) is 5.32 Å². The van der Waals surface area contributed by atoms with Crippen molar-refractivity contribution in [1.82, 2.24) is 19.6 Å². The Morgan fingerprint density at radius 1 is 1.17 bits per heavy atom. The maximum Gasteiger partial charge on any atom is 0.333 e. The molecule has 0 aliphatic heterocycles. The van der Waals surface area contributed by atoms with E-state index >= 15 is 0 Å². The highest BCUT2D eigenvalue weighted by molar-refractivity contribution is 5.34. The summed E-state index contributed by atoms with van der Waals surface area (Å²) in [4.78, 5) is 0. The van der Waals surface area contributed by atoms with Crippen LogP contribution >= 0.6 is 0 Å². The Kier molecular flexibility index (Phi) is 3.59. The lowest BCUT2D eigenvalue weighted by Crippen LogP contribution is -2.13. The fraction of sp³-hybridized carbons (Fsp3) is 0.455. The molecule has 0 spiro atoms. The van der Waals surface area contributed by atoms with Gasteiger partial charge in [0.05, 0.1) is 18.4 Å². The van der Waals surface area contributed by atoms with Gasteiger partial charge in [0.1, 0.15) is 5.82 Å². The molecule has 98 valence electrons. The number of hydrogen-bond acceptors (Lipinski definition) is 3. The molecule has 2 aromatic heterocycles. The van der Waals surface area contributed by atoms with Gasteiger partial charge < -0.3 is 5.32 Å². The van der Waals surface area contributed by atoms with Crippen molar-refractivity contribution in [3.63, 3.8) is 0 Å². The number of halogens is 2. The van der Waals surface area contributed by atoms with Crippen molar-refractivity contribution in [2.24, 2.45) is 0 Å². The molecule has 2 aromatic rings. The van der Waals surface area contributed by atoms with Gasteiger partial charge in [-0.15, -0.1) is 0 Å². The highest BCUT2D eigenvalue weighted by Crippen LogP contribution is 2.16. The molecule has 0 amide bonds. The Labute approximate surface area is 103 Å². The molecule has 0 atom stereocenters. The second-order valence-electron chi connectivity index (χ2n) is 4.15. The van der Waals surface area contributed by atoms with E-state index in [1.54, 1.807) is 16.9 Å². The highest BCUT2D eigenvalue weighted by atomic mass is 19.3. The standard InChI is InChI=1S/C11H15F2N5/c1-8(2)17-10(4-6-15-17)14-7-9-3-5-16-18(9)11(12)13/h3-6,8,11,14H,7H2,1-2H3. The lowest BCUT2D eigenvalue weighted by molar-refractivity contribution is 0.0537. The topological polar surface area (TPSA) is 47.7 Å². The molecular formula is C11H15F2N5. The fourth-order valence-electron chi connectivity index (χ4n) is 1.70. The number of alkyl halides is 2. The third-order valence-corrected chi connectivity index (χ3v) is 2.55. The maximum atomic E-state index is 12.6. The summed E-state index contributed by atoms with van der Waals surface area (Å²) in [5.41, 5.74) is 0.432. The molecule has 2 heterocycles. The summed E-state index contributed by atoms with van der Waals surface area (Å²) in [5.74, 6) is 0.798. The molecule has 0 unspecified atom stereocenters. The summed E-state index contributed by atoms with van der Waals surface area (Å²) in [6, 6.07) is 3.58. The van der Waals surface area contributed by atoms with E-state index in [2.05, 4.69) is 15.5 Å². The zero-order valence-electron chi connectivity index (χ0n) is 10.2. The van der Waals surface area contributed by atoms with Crippen LogP contribution in [0.5, 0.6) is 0 Å². The van der Waals surface area contributed by atoms with Crippen LogP contribution in [0.4, 0.5) is 14.6 Å². The molecule has 0 saturated carbocycles. The van der Waals surface area contributed by atoms with Crippen LogP contribution in [0.25, 0.3) is 0 Å². The first-order valence-corrected chi connectivity index (χ1v) is 5.67. The molecule has 0 radical (unpaired) electrons. The number of anilines is 1. The van der Waals surface area contributed by atoms with Gasteiger partial charge in [0.15, 0.2) is 0 Å². The first-order chi connectivity index (χ1) is 8.59. The van der Waals surface area contributed by atoms with E-state index < -0.39 is 6.55 Å². The van der Waals surface area contributed by atoms with E-state index in [-0.39, 0.29) is 12.6 Å². The second kappa shape index (κ2) is 5.16. The van der Waals surface area contributed by atoms with E-state index in [4.69, 9.17) is 0 Å². The van der Waals surface area contributed by atoms with Crippen molar-refractivity contribution in [3.05, 3.63) is 30.2 Å². The molecule has 0 aromatic carbocycles. The third-order valence-electron chi connectivity index (χ3n) is 2.55. The van der Waals surface area contributed by atoms with Crippen molar-refractivity contribution in [3.8, 4) is 0 Å². The average molecular weight is 255 g/mol. The monoisotopic (exact) mass is 255 g/mol. The van der Waals surface area contributed by atoms with Crippen LogP contribution in [0.3, 0.4) is 0 Å².